The molecule has 1 aliphatic heterocycles. The van der Waals surface area contributed by atoms with Crippen molar-refractivity contribution < 1.29 is 13.2 Å². The molecule has 1 amide bonds. The average Bonchev–Trinajstić information content (AvgIpc) is 2.77. The summed E-state index contributed by atoms with van der Waals surface area (Å²) in [5.74, 6) is 0.159. The number of hydrogen-bond donors (Lipinski definition) is 1. The number of benzene rings is 2. The van der Waals surface area contributed by atoms with Crippen LogP contribution in [0.5, 0.6) is 0 Å². The van der Waals surface area contributed by atoms with Gasteiger partial charge in [0.25, 0.3) is 0 Å². The van der Waals surface area contributed by atoms with E-state index in [-0.39, 0.29) is 11.8 Å². The fourth-order valence-electron chi connectivity index (χ4n) is 4.55. The molecule has 1 saturated heterocycles. The van der Waals surface area contributed by atoms with Gasteiger partial charge in [-0.2, -0.15) is 4.31 Å². The highest BCUT2D eigenvalue weighted by Gasteiger charge is 2.34. The van der Waals surface area contributed by atoms with Crippen LogP contribution >= 0.6 is 0 Å². The lowest BCUT2D eigenvalue weighted by Gasteiger charge is -2.32. The molecule has 0 spiro atoms. The van der Waals surface area contributed by atoms with Crippen molar-refractivity contribution in [2.24, 2.45) is 5.92 Å². The van der Waals surface area contributed by atoms with E-state index < -0.39 is 10.0 Å². The summed E-state index contributed by atoms with van der Waals surface area (Å²) in [6.07, 6.45) is 2.05. The Bertz CT molecular complexity index is 1070. The van der Waals surface area contributed by atoms with E-state index in [0.717, 1.165) is 39.9 Å². The highest BCUT2D eigenvalue weighted by Crippen LogP contribution is 2.32. The fraction of sp³-hybridized carbons (Fsp3) is 0.500. The molecule has 0 aliphatic carbocycles. The van der Waals surface area contributed by atoms with Crippen molar-refractivity contribution >= 4 is 21.6 Å². The molecule has 0 aromatic heterocycles. The summed E-state index contributed by atoms with van der Waals surface area (Å²) in [5, 5.41) is 3.11. The lowest BCUT2D eigenvalue weighted by atomic mass is 9.94. The third-order valence-electron chi connectivity index (χ3n) is 7.08. The lowest BCUT2D eigenvalue weighted by Crippen LogP contribution is -2.42. The number of anilines is 1. The van der Waals surface area contributed by atoms with Gasteiger partial charge in [-0.3, -0.25) is 4.79 Å². The SMILES string of the molecule is CC[C@H](C)c1ccccc1NC(=O)C1CCN(S(=O)(=O)c2c(C)c(C)cc(C)c2C)CC1. The normalized spacial score (nSPS) is 16.7. The van der Waals surface area contributed by atoms with Gasteiger partial charge in [-0.05, 0) is 86.8 Å². The van der Waals surface area contributed by atoms with E-state index in [2.05, 4.69) is 25.2 Å². The van der Waals surface area contributed by atoms with E-state index in [1.54, 1.807) is 4.31 Å². The van der Waals surface area contributed by atoms with Crippen molar-refractivity contribution in [3.63, 3.8) is 0 Å². The lowest BCUT2D eigenvalue weighted by molar-refractivity contribution is -0.120. The molecule has 0 bridgehead atoms. The van der Waals surface area contributed by atoms with Crippen molar-refractivity contribution in [1.29, 1.82) is 0 Å². The van der Waals surface area contributed by atoms with Gasteiger partial charge in [0, 0.05) is 24.7 Å². The molecule has 1 heterocycles. The minimum Gasteiger partial charge on any atom is -0.326 e. The third-order valence-corrected chi connectivity index (χ3v) is 9.26. The van der Waals surface area contributed by atoms with Crippen molar-refractivity contribution in [3.05, 3.63) is 58.1 Å². The number of nitrogens with zero attached hydrogens (tertiary/aromatic N) is 1. The summed E-state index contributed by atoms with van der Waals surface area (Å²) in [5.41, 5.74) is 5.61. The Hall–Kier alpha value is -2.18. The zero-order valence-electron chi connectivity index (χ0n) is 20.2. The van der Waals surface area contributed by atoms with Gasteiger partial charge >= 0.3 is 0 Å². The number of rotatable bonds is 6. The summed E-state index contributed by atoms with van der Waals surface area (Å²) in [4.78, 5) is 13.4. The zero-order chi connectivity index (χ0) is 23.6. The number of aryl methyl sites for hydroxylation is 2. The predicted octanol–water partition coefficient (Wildman–Crippen LogP) is 5.47. The number of sulfonamides is 1. The second-order valence-corrected chi connectivity index (χ2v) is 11.0. The van der Waals surface area contributed by atoms with Crippen LogP contribution in [0, 0.1) is 33.6 Å². The van der Waals surface area contributed by atoms with E-state index in [1.807, 2.05) is 52.0 Å². The van der Waals surface area contributed by atoms with Gasteiger partial charge < -0.3 is 5.32 Å². The number of amides is 1. The van der Waals surface area contributed by atoms with Gasteiger partial charge in [-0.25, -0.2) is 8.42 Å². The third kappa shape index (κ3) is 4.76. The second-order valence-electron chi connectivity index (χ2n) is 9.15. The maximum atomic E-state index is 13.5. The van der Waals surface area contributed by atoms with Crippen LogP contribution in [0.3, 0.4) is 0 Å². The van der Waals surface area contributed by atoms with E-state index in [1.165, 1.54) is 0 Å². The first-order valence-corrected chi connectivity index (χ1v) is 13.0. The van der Waals surface area contributed by atoms with Gasteiger partial charge in [-0.15, -0.1) is 0 Å². The van der Waals surface area contributed by atoms with E-state index >= 15 is 0 Å². The first-order chi connectivity index (χ1) is 15.1. The van der Waals surface area contributed by atoms with Crippen molar-refractivity contribution in [3.8, 4) is 0 Å². The van der Waals surface area contributed by atoms with Crippen molar-refractivity contribution in [1.82, 2.24) is 4.31 Å². The van der Waals surface area contributed by atoms with Gasteiger partial charge in [0.05, 0.1) is 4.90 Å². The maximum Gasteiger partial charge on any atom is 0.243 e. The summed E-state index contributed by atoms with van der Waals surface area (Å²) in [6, 6.07) is 9.98. The Morgan fingerprint density at radius 1 is 1.06 bits per heavy atom. The molecular formula is C26H36N2O3S. The topological polar surface area (TPSA) is 66.5 Å². The minimum absolute atomic E-state index is 0.0171. The number of carbonyl (C=O) groups is 1. The number of hydrogen-bond acceptors (Lipinski definition) is 3. The predicted molar refractivity (Wildman–Crippen MR) is 131 cm³/mol. The first-order valence-electron chi connectivity index (χ1n) is 11.5. The van der Waals surface area contributed by atoms with Crippen LogP contribution in [0.25, 0.3) is 0 Å². The van der Waals surface area contributed by atoms with Crippen molar-refractivity contribution in [2.75, 3.05) is 18.4 Å². The molecule has 5 nitrogen and oxygen atoms in total. The molecular weight excluding hydrogens is 420 g/mol. The second kappa shape index (κ2) is 9.75. The first kappa shape index (κ1) is 24.5. The quantitative estimate of drug-likeness (QED) is 0.626. The van der Waals surface area contributed by atoms with Gasteiger partial charge in [0.15, 0.2) is 0 Å². The molecule has 6 heteroatoms. The van der Waals surface area contributed by atoms with Gasteiger partial charge in [0.2, 0.25) is 15.9 Å². The molecule has 1 N–H and O–H groups in total. The molecule has 2 aromatic rings. The smallest absolute Gasteiger partial charge is 0.243 e. The van der Waals surface area contributed by atoms with E-state index in [9.17, 15) is 13.2 Å². The molecule has 1 atom stereocenters. The molecule has 0 radical (unpaired) electrons. The highest BCUT2D eigenvalue weighted by molar-refractivity contribution is 7.89. The Morgan fingerprint density at radius 2 is 1.62 bits per heavy atom. The monoisotopic (exact) mass is 456 g/mol. The molecule has 3 rings (SSSR count). The van der Waals surface area contributed by atoms with E-state index in [4.69, 9.17) is 0 Å². The van der Waals surface area contributed by atoms with Crippen LogP contribution in [0.1, 0.15) is 66.8 Å². The molecule has 0 unspecified atom stereocenters. The van der Waals surface area contributed by atoms with Crippen LogP contribution in [-0.2, 0) is 14.8 Å². The Morgan fingerprint density at radius 3 is 2.19 bits per heavy atom. The zero-order valence-corrected chi connectivity index (χ0v) is 21.0. The average molecular weight is 457 g/mol. The van der Waals surface area contributed by atoms with E-state index in [0.29, 0.717) is 36.7 Å². The fourth-order valence-corrected chi connectivity index (χ4v) is 6.60. The summed E-state index contributed by atoms with van der Waals surface area (Å²) >= 11 is 0. The van der Waals surface area contributed by atoms with Crippen LogP contribution in [0.4, 0.5) is 5.69 Å². The number of nitrogens with one attached hydrogen (secondary N) is 1. The Labute approximate surface area is 193 Å². The molecule has 1 aliphatic rings. The molecule has 1 fully saturated rings. The maximum absolute atomic E-state index is 13.5. The van der Waals surface area contributed by atoms with Crippen LogP contribution in [0.15, 0.2) is 35.2 Å². The molecule has 2 aromatic carbocycles. The number of piperidine rings is 1. The highest BCUT2D eigenvalue weighted by atomic mass is 32.2. The van der Waals surface area contributed by atoms with Crippen molar-refractivity contribution in [2.45, 2.75) is 71.6 Å². The van der Waals surface area contributed by atoms with Crippen LogP contribution in [-0.4, -0.2) is 31.7 Å². The van der Waals surface area contributed by atoms with Crippen LogP contribution in [0.2, 0.25) is 0 Å². The van der Waals surface area contributed by atoms with Crippen LogP contribution < -0.4 is 5.32 Å². The number of carbonyl (C=O) groups excluding carboxylic acids is 1. The Balaban J connectivity index is 1.73. The Kier molecular flexibility index (Phi) is 7.46. The largest absolute Gasteiger partial charge is 0.326 e. The summed E-state index contributed by atoms with van der Waals surface area (Å²) in [6.45, 7) is 12.7. The standard InChI is InChI=1S/C26H36N2O3S/c1-7-17(2)23-10-8-9-11-24(23)27-26(29)22-12-14-28(15-13-22)32(30,31)25-20(5)18(3)16-19(4)21(25)6/h8-11,16-17,22H,7,12-15H2,1-6H3,(H,27,29)/t17-/m0/s1. The van der Waals surface area contributed by atoms with Gasteiger partial charge in [0.1, 0.15) is 0 Å². The summed E-state index contributed by atoms with van der Waals surface area (Å²) in [7, 11) is -3.60. The van der Waals surface area contributed by atoms with Gasteiger partial charge in [-0.1, -0.05) is 38.1 Å². The minimum atomic E-state index is -3.60. The molecule has 0 saturated carbocycles. The molecule has 32 heavy (non-hydrogen) atoms. The number of para-hydroxylation sites is 1. The summed E-state index contributed by atoms with van der Waals surface area (Å²) < 4.78 is 28.5. The molecule has 174 valence electrons.